The Morgan fingerprint density at radius 1 is 1.00 bits per heavy atom. The fourth-order valence-electron chi connectivity index (χ4n) is 3.69. The van der Waals surface area contributed by atoms with E-state index in [0.717, 1.165) is 22.3 Å². The lowest BCUT2D eigenvalue weighted by Crippen LogP contribution is -2.26. The monoisotopic (exact) mass is 435 g/mol. The zero-order chi connectivity index (χ0) is 22.5. The molecule has 3 N–H and O–H groups in total. The predicted molar refractivity (Wildman–Crippen MR) is 113 cm³/mol. The van der Waals surface area contributed by atoms with Gasteiger partial charge in [-0.25, -0.2) is 4.79 Å². The first-order valence-electron chi connectivity index (χ1n) is 10.1. The van der Waals surface area contributed by atoms with Crippen molar-refractivity contribution >= 4 is 18.0 Å². The number of benzene rings is 2. The number of hydrogen-bond donors (Lipinski definition) is 3. The van der Waals surface area contributed by atoms with Gasteiger partial charge in [0, 0.05) is 18.5 Å². The van der Waals surface area contributed by atoms with E-state index in [1.165, 1.54) is 6.07 Å². The molecular weight excluding hydrogens is 414 g/mol. The molecule has 0 unspecified atom stereocenters. The molecule has 1 aliphatic carbocycles. The predicted octanol–water partition coefficient (Wildman–Crippen LogP) is 2.92. The maximum absolute atomic E-state index is 12.2. The fourth-order valence-corrected chi connectivity index (χ4v) is 3.69. The second-order valence-electron chi connectivity index (χ2n) is 7.26. The Morgan fingerprint density at radius 3 is 2.31 bits per heavy atom. The molecule has 0 bridgehead atoms. The summed E-state index contributed by atoms with van der Waals surface area (Å²) in [5.41, 5.74) is 4.53. The molecular formula is C23H21N3O6. The first kappa shape index (κ1) is 21.1. The third-order valence-electron chi connectivity index (χ3n) is 5.17. The number of carboxylic acid groups (broad SMARTS) is 1. The van der Waals surface area contributed by atoms with Gasteiger partial charge in [0.15, 0.2) is 11.5 Å². The molecule has 164 valence electrons. The van der Waals surface area contributed by atoms with Gasteiger partial charge in [0.1, 0.15) is 6.61 Å². The first-order chi connectivity index (χ1) is 15.5. The number of carbonyl (C=O) groups is 3. The SMILES string of the molecule is O=C(O)CCNC(=O)c1cc(CNC(=O)OCC2c3ccccc3-c3ccccc32)on1. The molecule has 1 heterocycles. The van der Waals surface area contributed by atoms with Gasteiger partial charge >= 0.3 is 12.1 Å². The van der Waals surface area contributed by atoms with Crippen LogP contribution in [0.5, 0.6) is 0 Å². The minimum Gasteiger partial charge on any atom is -0.481 e. The van der Waals surface area contributed by atoms with Crippen LogP contribution in [-0.4, -0.2) is 41.4 Å². The number of hydrogen-bond acceptors (Lipinski definition) is 6. The number of aliphatic carboxylic acids is 1. The molecule has 2 aromatic carbocycles. The van der Waals surface area contributed by atoms with Gasteiger partial charge in [0.25, 0.3) is 5.91 Å². The Hall–Kier alpha value is -4.14. The Labute approximate surface area is 183 Å². The second kappa shape index (κ2) is 9.34. The lowest BCUT2D eigenvalue weighted by molar-refractivity contribution is -0.136. The summed E-state index contributed by atoms with van der Waals surface area (Å²) >= 11 is 0. The Morgan fingerprint density at radius 2 is 1.66 bits per heavy atom. The first-order valence-corrected chi connectivity index (χ1v) is 10.1. The highest BCUT2D eigenvalue weighted by Crippen LogP contribution is 2.44. The zero-order valence-electron chi connectivity index (χ0n) is 17.0. The molecule has 0 fully saturated rings. The minimum atomic E-state index is -1.02. The average Bonchev–Trinajstić information content (AvgIpc) is 3.39. The van der Waals surface area contributed by atoms with Crippen molar-refractivity contribution in [1.29, 1.82) is 0 Å². The van der Waals surface area contributed by atoms with Crippen molar-refractivity contribution < 1.29 is 28.8 Å². The van der Waals surface area contributed by atoms with Crippen molar-refractivity contribution in [2.45, 2.75) is 18.9 Å². The molecule has 9 heteroatoms. The number of amides is 2. The van der Waals surface area contributed by atoms with E-state index in [9.17, 15) is 14.4 Å². The van der Waals surface area contributed by atoms with Crippen molar-refractivity contribution in [3.05, 3.63) is 77.2 Å². The molecule has 0 aliphatic heterocycles. The number of ether oxygens (including phenoxy) is 1. The van der Waals surface area contributed by atoms with E-state index in [0.29, 0.717) is 0 Å². The number of rotatable bonds is 8. The summed E-state index contributed by atoms with van der Waals surface area (Å²) in [6.07, 6.45) is -0.810. The lowest BCUT2D eigenvalue weighted by Gasteiger charge is -2.14. The number of aromatic nitrogens is 1. The van der Waals surface area contributed by atoms with Gasteiger partial charge < -0.3 is 25.0 Å². The molecule has 1 aromatic heterocycles. The summed E-state index contributed by atoms with van der Waals surface area (Å²) in [6, 6.07) is 17.5. The Balaban J connectivity index is 1.29. The van der Waals surface area contributed by atoms with E-state index in [1.54, 1.807) is 0 Å². The molecule has 9 nitrogen and oxygen atoms in total. The fraction of sp³-hybridized carbons (Fsp3) is 0.217. The average molecular weight is 435 g/mol. The van der Waals surface area contributed by atoms with Crippen LogP contribution in [-0.2, 0) is 16.1 Å². The van der Waals surface area contributed by atoms with Crippen molar-refractivity contribution in [1.82, 2.24) is 15.8 Å². The van der Waals surface area contributed by atoms with Crippen LogP contribution in [0.1, 0.15) is 39.7 Å². The number of carboxylic acids is 1. The summed E-state index contributed by atoms with van der Waals surface area (Å²) in [5, 5.41) is 17.2. The van der Waals surface area contributed by atoms with E-state index in [1.807, 2.05) is 36.4 Å². The summed E-state index contributed by atoms with van der Waals surface area (Å²) < 4.78 is 10.5. The summed E-state index contributed by atoms with van der Waals surface area (Å²) in [5.74, 6) is -1.35. The molecule has 4 rings (SSSR count). The maximum atomic E-state index is 12.2. The third-order valence-corrected chi connectivity index (χ3v) is 5.17. The van der Waals surface area contributed by atoms with Crippen LogP contribution < -0.4 is 10.6 Å². The van der Waals surface area contributed by atoms with E-state index in [4.69, 9.17) is 14.4 Å². The normalized spacial score (nSPS) is 12.0. The molecule has 0 radical (unpaired) electrons. The van der Waals surface area contributed by atoms with Gasteiger partial charge in [-0.1, -0.05) is 53.7 Å². The highest BCUT2D eigenvalue weighted by Gasteiger charge is 2.29. The molecule has 1 aliphatic rings. The van der Waals surface area contributed by atoms with Crippen LogP contribution in [0.25, 0.3) is 11.1 Å². The number of fused-ring (bicyclic) bond motifs is 3. The van der Waals surface area contributed by atoms with E-state index in [2.05, 4.69) is 27.9 Å². The molecule has 2 amide bonds. The minimum absolute atomic E-state index is 0.000254. The molecule has 0 atom stereocenters. The zero-order valence-corrected chi connectivity index (χ0v) is 17.0. The number of nitrogens with one attached hydrogen (secondary N) is 2. The van der Waals surface area contributed by atoms with Gasteiger partial charge in [-0.15, -0.1) is 0 Å². The van der Waals surface area contributed by atoms with E-state index in [-0.39, 0.29) is 43.5 Å². The highest BCUT2D eigenvalue weighted by molar-refractivity contribution is 5.92. The lowest BCUT2D eigenvalue weighted by atomic mass is 9.98. The smallest absolute Gasteiger partial charge is 0.407 e. The van der Waals surface area contributed by atoms with Crippen LogP contribution in [0.3, 0.4) is 0 Å². The quantitative estimate of drug-likeness (QED) is 0.496. The van der Waals surface area contributed by atoms with E-state index < -0.39 is 18.0 Å². The summed E-state index contributed by atoms with van der Waals surface area (Å²) in [7, 11) is 0. The van der Waals surface area contributed by atoms with Crippen molar-refractivity contribution in [3.8, 4) is 11.1 Å². The molecule has 32 heavy (non-hydrogen) atoms. The Kier molecular flexibility index (Phi) is 6.16. The Bertz CT molecular complexity index is 1110. The van der Waals surface area contributed by atoms with E-state index >= 15 is 0 Å². The standard InChI is InChI=1S/C23H21N3O6/c27-21(28)9-10-24-22(29)20-11-14(32-26-20)12-25-23(30)31-13-19-17-7-3-1-5-15(17)16-6-2-4-8-18(16)19/h1-8,11,19H,9-10,12-13H2,(H,24,29)(H,25,30)(H,27,28). The third kappa shape index (κ3) is 4.61. The van der Waals surface area contributed by atoms with Gasteiger partial charge in [0.05, 0.1) is 13.0 Å². The molecule has 0 spiro atoms. The highest BCUT2D eigenvalue weighted by atomic mass is 16.5. The summed E-state index contributed by atoms with van der Waals surface area (Å²) in [6.45, 7) is 0.161. The number of carbonyl (C=O) groups excluding carboxylic acids is 2. The van der Waals surface area contributed by atoms with Crippen LogP contribution in [0.2, 0.25) is 0 Å². The largest absolute Gasteiger partial charge is 0.481 e. The van der Waals surface area contributed by atoms with Crippen molar-refractivity contribution in [2.75, 3.05) is 13.2 Å². The van der Waals surface area contributed by atoms with Gasteiger partial charge in [0.2, 0.25) is 0 Å². The summed E-state index contributed by atoms with van der Waals surface area (Å²) in [4.78, 5) is 34.6. The van der Waals surface area contributed by atoms with Gasteiger partial charge in [-0.2, -0.15) is 0 Å². The molecule has 0 saturated heterocycles. The number of nitrogens with zero attached hydrogens (tertiary/aromatic N) is 1. The molecule has 0 saturated carbocycles. The van der Waals surface area contributed by atoms with Crippen LogP contribution in [0, 0.1) is 0 Å². The van der Waals surface area contributed by atoms with Gasteiger partial charge in [-0.3, -0.25) is 9.59 Å². The van der Waals surface area contributed by atoms with Crippen LogP contribution in [0.4, 0.5) is 4.79 Å². The van der Waals surface area contributed by atoms with Crippen LogP contribution in [0.15, 0.2) is 59.1 Å². The van der Waals surface area contributed by atoms with Gasteiger partial charge in [-0.05, 0) is 22.3 Å². The molecule has 3 aromatic rings. The second-order valence-corrected chi connectivity index (χ2v) is 7.26. The maximum Gasteiger partial charge on any atom is 0.407 e. The van der Waals surface area contributed by atoms with Crippen molar-refractivity contribution in [3.63, 3.8) is 0 Å². The van der Waals surface area contributed by atoms with Crippen molar-refractivity contribution in [2.24, 2.45) is 0 Å². The van der Waals surface area contributed by atoms with Crippen LogP contribution >= 0.6 is 0 Å². The number of alkyl carbamates (subject to hydrolysis) is 1. The topological polar surface area (TPSA) is 131 Å².